The van der Waals surface area contributed by atoms with E-state index in [1.54, 1.807) is 6.07 Å². The van der Waals surface area contributed by atoms with Crippen molar-refractivity contribution in [3.63, 3.8) is 0 Å². The summed E-state index contributed by atoms with van der Waals surface area (Å²) < 4.78 is 9.91. The van der Waals surface area contributed by atoms with Crippen LogP contribution in [0.2, 0.25) is 0 Å². The van der Waals surface area contributed by atoms with E-state index in [1.807, 2.05) is 6.07 Å². The molecule has 2 rings (SSSR count). The van der Waals surface area contributed by atoms with Gasteiger partial charge >= 0.3 is 5.97 Å². The van der Waals surface area contributed by atoms with Crippen molar-refractivity contribution in [1.29, 1.82) is 0 Å². The van der Waals surface area contributed by atoms with Crippen LogP contribution in [0.4, 0.5) is 0 Å². The van der Waals surface area contributed by atoms with Crippen molar-refractivity contribution < 1.29 is 13.9 Å². The van der Waals surface area contributed by atoms with Gasteiger partial charge in [0, 0.05) is 0 Å². The number of methoxy groups -OCH3 is 1. The van der Waals surface area contributed by atoms with Crippen LogP contribution < -0.4 is 5.32 Å². The minimum Gasteiger partial charge on any atom is -0.467 e. The van der Waals surface area contributed by atoms with E-state index in [-0.39, 0.29) is 5.97 Å². The Kier molecular flexibility index (Phi) is 5.38. The maximum absolute atomic E-state index is 11.3. The molecule has 20 heavy (non-hydrogen) atoms. The molecule has 1 aromatic carbocycles. The lowest BCUT2D eigenvalue weighted by Crippen LogP contribution is -2.14. The summed E-state index contributed by atoms with van der Waals surface area (Å²) in [7, 11) is 1.36. The molecule has 0 bridgehead atoms. The van der Waals surface area contributed by atoms with Gasteiger partial charge in [-0.15, -0.1) is 0 Å². The molecule has 0 unspecified atom stereocenters. The van der Waals surface area contributed by atoms with Crippen molar-refractivity contribution in [2.75, 3.05) is 13.7 Å². The van der Waals surface area contributed by atoms with Gasteiger partial charge in [-0.25, -0.2) is 4.79 Å². The molecule has 4 heteroatoms. The number of hydrogen-bond donors (Lipinski definition) is 1. The molecular formula is C16H19NO3. The van der Waals surface area contributed by atoms with Crippen LogP contribution in [0.3, 0.4) is 0 Å². The molecule has 1 aromatic heterocycles. The van der Waals surface area contributed by atoms with Crippen LogP contribution in [0, 0.1) is 0 Å². The highest BCUT2D eigenvalue weighted by Gasteiger charge is 2.09. The molecule has 0 aliphatic heterocycles. The van der Waals surface area contributed by atoms with Gasteiger partial charge in [0.15, 0.2) is 0 Å². The Morgan fingerprint density at radius 1 is 1.30 bits per heavy atom. The lowest BCUT2D eigenvalue weighted by molar-refractivity contribution is 0.0600. The molecule has 0 spiro atoms. The maximum atomic E-state index is 11.3. The molecule has 0 saturated carbocycles. The van der Waals surface area contributed by atoms with Gasteiger partial charge in [0.1, 0.15) is 12.0 Å². The number of esters is 1. The minimum absolute atomic E-state index is 0.371. The Morgan fingerprint density at radius 3 is 2.85 bits per heavy atom. The first-order valence-corrected chi connectivity index (χ1v) is 6.70. The molecule has 1 N–H and O–H groups in total. The van der Waals surface area contributed by atoms with Crippen LogP contribution in [0.15, 0.2) is 47.1 Å². The first kappa shape index (κ1) is 14.3. The third kappa shape index (κ3) is 4.24. The maximum Gasteiger partial charge on any atom is 0.341 e. The lowest BCUT2D eigenvalue weighted by atomic mass is 10.1. The summed E-state index contributed by atoms with van der Waals surface area (Å²) in [6.45, 7) is 1.52. The molecule has 1 heterocycles. The highest BCUT2D eigenvalue weighted by atomic mass is 16.5. The molecule has 2 aromatic rings. The van der Waals surface area contributed by atoms with Crippen LogP contribution >= 0.6 is 0 Å². The third-order valence-electron chi connectivity index (χ3n) is 3.04. The number of benzene rings is 1. The molecule has 0 aliphatic rings. The average molecular weight is 273 g/mol. The zero-order valence-electron chi connectivity index (χ0n) is 11.6. The van der Waals surface area contributed by atoms with Crippen molar-refractivity contribution in [3.8, 4) is 0 Å². The van der Waals surface area contributed by atoms with Crippen molar-refractivity contribution in [1.82, 2.24) is 5.32 Å². The second-order valence-corrected chi connectivity index (χ2v) is 4.56. The Hall–Kier alpha value is -2.07. The fourth-order valence-electron chi connectivity index (χ4n) is 1.97. The van der Waals surface area contributed by atoms with Gasteiger partial charge in [0.2, 0.25) is 0 Å². The summed E-state index contributed by atoms with van der Waals surface area (Å²) in [6, 6.07) is 12.1. The van der Waals surface area contributed by atoms with E-state index in [2.05, 4.69) is 34.3 Å². The molecule has 0 radical (unpaired) electrons. The fourth-order valence-corrected chi connectivity index (χ4v) is 1.97. The van der Waals surface area contributed by atoms with Crippen molar-refractivity contribution >= 4 is 5.97 Å². The van der Waals surface area contributed by atoms with E-state index in [9.17, 15) is 4.79 Å². The summed E-state index contributed by atoms with van der Waals surface area (Å²) in [6.07, 6.45) is 3.54. The monoisotopic (exact) mass is 273 g/mol. The Bertz CT molecular complexity index is 534. The van der Waals surface area contributed by atoms with Crippen LogP contribution in [-0.2, 0) is 17.7 Å². The van der Waals surface area contributed by atoms with Crippen molar-refractivity contribution in [2.45, 2.75) is 19.4 Å². The number of carbonyl (C=O) groups is 1. The number of hydrogen-bond acceptors (Lipinski definition) is 4. The van der Waals surface area contributed by atoms with E-state index in [4.69, 9.17) is 4.42 Å². The number of furan rings is 1. The van der Waals surface area contributed by atoms with Crippen LogP contribution in [-0.4, -0.2) is 19.6 Å². The number of ether oxygens (including phenoxy) is 1. The Labute approximate surface area is 118 Å². The quantitative estimate of drug-likeness (QED) is 0.622. The molecule has 0 aliphatic carbocycles. The van der Waals surface area contributed by atoms with E-state index in [0.29, 0.717) is 12.1 Å². The first-order chi connectivity index (χ1) is 9.79. The van der Waals surface area contributed by atoms with Gasteiger partial charge < -0.3 is 14.5 Å². The summed E-state index contributed by atoms with van der Waals surface area (Å²) in [5.41, 5.74) is 1.80. The summed E-state index contributed by atoms with van der Waals surface area (Å²) >= 11 is 0. The van der Waals surface area contributed by atoms with Crippen molar-refractivity contribution in [3.05, 3.63) is 59.5 Å². The molecule has 0 fully saturated rings. The largest absolute Gasteiger partial charge is 0.467 e. The third-order valence-corrected chi connectivity index (χ3v) is 3.04. The summed E-state index contributed by atoms with van der Waals surface area (Å²) in [5.74, 6) is 0.370. The van der Waals surface area contributed by atoms with Crippen LogP contribution in [0.5, 0.6) is 0 Å². The average Bonchev–Trinajstić information content (AvgIpc) is 2.96. The molecule has 4 nitrogen and oxygen atoms in total. The van der Waals surface area contributed by atoms with Gasteiger partial charge in [0.05, 0.1) is 19.2 Å². The van der Waals surface area contributed by atoms with E-state index in [1.165, 1.54) is 18.9 Å². The summed E-state index contributed by atoms with van der Waals surface area (Å²) in [5, 5.41) is 3.30. The highest BCUT2D eigenvalue weighted by Crippen LogP contribution is 2.08. The Balaban J connectivity index is 1.66. The highest BCUT2D eigenvalue weighted by molar-refractivity contribution is 5.88. The van der Waals surface area contributed by atoms with E-state index in [0.717, 1.165) is 25.1 Å². The van der Waals surface area contributed by atoms with E-state index >= 15 is 0 Å². The minimum atomic E-state index is -0.371. The number of nitrogens with one attached hydrogen (secondary N) is 1. The predicted molar refractivity (Wildman–Crippen MR) is 76.5 cm³/mol. The zero-order chi connectivity index (χ0) is 14.2. The topological polar surface area (TPSA) is 51.5 Å². The van der Waals surface area contributed by atoms with E-state index < -0.39 is 0 Å². The lowest BCUT2D eigenvalue weighted by Gasteiger charge is -2.03. The van der Waals surface area contributed by atoms with Gasteiger partial charge in [-0.2, -0.15) is 0 Å². The smallest absolute Gasteiger partial charge is 0.341 e. The first-order valence-electron chi connectivity index (χ1n) is 6.70. The van der Waals surface area contributed by atoms with Gasteiger partial charge in [0.25, 0.3) is 0 Å². The molecule has 106 valence electrons. The molecule has 0 atom stereocenters. The SMILES string of the molecule is COC(=O)c1coc(CNCCCc2ccccc2)c1. The molecule has 0 saturated heterocycles. The molecular weight excluding hydrogens is 254 g/mol. The van der Waals surface area contributed by atoms with Gasteiger partial charge in [-0.1, -0.05) is 30.3 Å². The normalized spacial score (nSPS) is 10.4. The van der Waals surface area contributed by atoms with Gasteiger partial charge in [-0.05, 0) is 31.0 Å². The van der Waals surface area contributed by atoms with Crippen LogP contribution in [0.1, 0.15) is 28.1 Å². The number of aryl methyl sites for hydroxylation is 1. The molecule has 0 amide bonds. The Morgan fingerprint density at radius 2 is 2.10 bits per heavy atom. The van der Waals surface area contributed by atoms with Gasteiger partial charge in [-0.3, -0.25) is 0 Å². The second-order valence-electron chi connectivity index (χ2n) is 4.56. The standard InChI is InChI=1S/C16H19NO3/c1-19-16(18)14-10-15(20-12-14)11-17-9-5-8-13-6-3-2-4-7-13/h2-4,6-7,10,12,17H,5,8-9,11H2,1H3. The van der Waals surface area contributed by atoms with Crippen molar-refractivity contribution in [2.24, 2.45) is 0 Å². The second kappa shape index (κ2) is 7.50. The number of rotatable bonds is 7. The number of carbonyl (C=O) groups excluding carboxylic acids is 1. The zero-order valence-corrected chi connectivity index (χ0v) is 11.6. The predicted octanol–water partition coefficient (Wildman–Crippen LogP) is 2.79. The van der Waals surface area contributed by atoms with Crippen LogP contribution in [0.25, 0.3) is 0 Å². The summed E-state index contributed by atoms with van der Waals surface area (Å²) in [4.78, 5) is 11.3. The fraction of sp³-hybridized carbons (Fsp3) is 0.312.